The van der Waals surface area contributed by atoms with Crippen LogP contribution in [0.4, 0.5) is 5.69 Å². The third kappa shape index (κ3) is 11.6. The quantitative estimate of drug-likeness (QED) is 0.168. The number of rotatable bonds is 16. The van der Waals surface area contributed by atoms with E-state index in [4.69, 9.17) is 0 Å². The largest absolute Gasteiger partial charge is 0.344 e. The number of aryl methyl sites for hydroxylation is 1. The van der Waals surface area contributed by atoms with Crippen molar-refractivity contribution in [1.29, 1.82) is 0 Å². The van der Waals surface area contributed by atoms with Crippen molar-refractivity contribution in [2.24, 2.45) is 11.8 Å². The van der Waals surface area contributed by atoms with Crippen molar-refractivity contribution < 1.29 is 33.4 Å². The number of nitrogens with one attached hydrogen (secondary N) is 4. The average molecular weight is 684 g/mol. The molecule has 3 rings (SSSR count). The Morgan fingerprint density at radius 3 is 2.10 bits per heavy atom. The summed E-state index contributed by atoms with van der Waals surface area (Å²) in [6, 6.07) is 15.7. The Morgan fingerprint density at radius 2 is 1.50 bits per heavy atom. The lowest BCUT2D eigenvalue weighted by atomic mass is 9.98. The predicted molar refractivity (Wildman–Crippen MR) is 185 cm³/mol. The summed E-state index contributed by atoms with van der Waals surface area (Å²) in [5.74, 6) is -4.38. The van der Waals surface area contributed by atoms with E-state index < -0.39 is 67.0 Å². The molecule has 5 amide bonds. The van der Waals surface area contributed by atoms with E-state index in [-0.39, 0.29) is 18.2 Å². The van der Waals surface area contributed by atoms with Gasteiger partial charge in [0.15, 0.2) is 0 Å². The summed E-state index contributed by atoms with van der Waals surface area (Å²) in [5, 5.41) is 10.8. The molecular formula is C35H50N5O7P. The van der Waals surface area contributed by atoms with Crippen LogP contribution in [-0.4, -0.2) is 75.9 Å². The van der Waals surface area contributed by atoms with Gasteiger partial charge in [0.1, 0.15) is 23.9 Å². The first kappa shape index (κ1) is 38.4. The van der Waals surface area contributed by atoms with Crippen LogP contribution in [0.1, 0.15) is 65.9 Å². The van der Waals surface area contributed by atoms with Crippen LogP contribution < -0.4 is 21.3 Å². The van der Waals surface area contributed by atoms with Crippen LogP contribution in [0.15, 0.2) is 60.7 Å². The van der Waals surface area contributed by atoms with Crippen molar-refractivity contribution in [3.8, 4) is 0 Å². The van der Waals surface area contributed by atoms with Gasteiger partial charge in [-0.1, -0.05) is 62.4 Å². The molecule has 0 aromatic heterocycles. The zero-order valence-corrected chi connectivity index (χ0v) is 29.4. The van der Waals surface area contributed by atoms with Crippen LogP contribution in [0.5, 0.6) is 0 Å². The number of benzene rings is 2. The molecule has 48 heavy (non-hydrogen) atoms. The number of para-hydroxylation sites is 1. The molecule has 1 aliphatic heterocycles. The molecule has 1 fully saturated rings. The van der Waals surface area contributed by atoms with Gasteiger partial charge in [0, 0.05) is 31.2 Å². The molecule has 5 N–H and O–H groups in total. The SMILES string of the molecule is CC(=O)N1CCC[C@H]1C(=O)N[C@@H](C)C(=O)N[C@@H](C)P(=O)(O)CC(CCc1ccccc1)C(=O)N[C@@H](CC(C)C)C(=O)Nc1ccccc1. The average Bonchev–Trinajstić information content (AvgIpc) is 3.54. The molecule has 262 valence electrons. The molecule has 13 heteroatoms. The lowest BCUT2D eigenvalue weighted by molar-refractivity contribution is -0.138. The number of amides is 5. The number of hydrogen-bond acceptors (Lipinski definition) is 6. The summed E-state index contributed by atoms with van der Waals surface area (Å²) in [7, 11) is -4.19. The fraction of sp³-hybridized carbons (Fsp3) is 0.514. The van der Waals surface area contributed by atoms with E-state index in [1.807, 2.05) is 50.2 Å². The molecule has 0 radical (unpaired) electrons. The van der Waals surface area contributed by atoms with Crippen molar-refractivity contribution >= 4 is 42.6 Å². The minimum Gasteiger partial charge on any atom is -0.344 e. The highest BCUT2D eigenvalue weighted by atomic mass is 31.2. The predicted octanol–water partition coefficient (Wildman–Crippen LogP) is 3.65. The van der Waals surface area contributed by atoms with Crippen LogP contribution in [0.25, 0.3) is 0 Å². The maximum Gasteiger partial charge on any atom is 0.246 e. The number of nitrogens with zero attached hydrogens (tertiary/aromatic N) is 1. The van der Waals surface area contributed by atoms with Gasteiger partial charge in [0.2, 0.25) is 36.9 Å². The number of likely N-dealkylation sites (tertiary alicyclic amines) is 1. The molecule has 2 unspecified atom stereocenters. The number of carbonyl (C=O) groups excluding carboxylic acids is 5. The summed E-state index contributed by atoms with van der Waals surface area (Å²) >= 11 is 0. The van der Waals surface area contributed by atoms with Gasteiger partial charge in [0.05, 0.1) is 0 Å². The normalized spacial score (nSPS) is 18.1. The van der Waals surface area contributed by atoms with Crippen LogP contribution in [0.3, 0.4) is 0 Å². The molecular weight excluding hydrogens is 633 g/mol. The van der Waals surface area contributed by atoms with Crippen molar-refractivity contribution in [1.82, 2.24) is 20.9 Å². The number of anilines is 1. The highest BCUT2D eigenvalue weighted by Crippen LogP contribution is 2.47. The Hall–Kier alpha value is -4.02. The monoisotopic (exact) mass is 683 g/mol. The molecule has 0 saturated carbocycles. The van der Waals surface area contributed by atoms with E-state index in [1.54, 1.807) is 24.3 Å². The highest BCUT2D eigenvalue weighted by molar-refractivity contribution is 7.58. The molecule has 1 heterocycles. The van der Waals surface area contributed by atoms with Crippen LogP contribution in [0, 0.1) is 11.8 Å². The Balaban J connectivity index is 1.71. The lowest BCUT2D eigenvalue weighted by Crippen LogP contribution is -2.53. The molecule has 12 nitrogen and oxygen atoms in total. The Labute approximate surface area is 283 Å². The summed E-state index contributed by atoms with van der Waals surface area (Å²) in [6.45, 7) is 8.58. The first-order valence-corrected chi connectivity index (χ1v) is 18.5. The van der Waals surface area contributed by atoms with Gasteiger partial charge >= 0.3 is 0 Å². The van der Waals surface area contributed by atoms with Crippen molar-refractivity contribution in [2.45, 2.75) is 90.6 Å². The van der Waals surface area contributed by atoms with Gasteiger partial charge in [-0.15, -0.1) is 0 Å². The molecule has 2 aromatic carbocycles. The second kappa shape index (κ2) is 17.9. The van der Waals surface area contributed by atoms with Gasteiger partial charge in [-0.2, -0.15) is 0 Å². The fourth-order valence-corrected chi connectivity index (χ4v) is 7.36. The first-order chi connectivity index (χ1) is 22.7. The van der Waals surface area contributed by atoms with E-state index >= 15 is 0 Å². The standard InChI is InChI=1S/C35H50N5O7P/c1-23(2)21-30(34(44)38-29-15-10-7-11-16-29)39-33(43)28(19-18-27-13-8-6-9-14-27)22-48(46,47)25(4)37-32(42)24(3)36-35(45)31-17-12-20-40(31)26(5)41/h6-11,13-16,23-25,28,30-31H,12,17-22H2,1-5H3,(H,36,45)(H,37,42)(H,38,44)(H,39,43)(H,46,47)/t24-,25+,28?,30-,31-/m0/s1. The van der Waals surface area contributed by atoms with Gasteiger partial charge in [-0.3, -0.25) is 28.5 Å². The summed E-state index contributed by atoms with van der Waals surface area (Å²) < 4.78 is 13.7. The van der Waals surface area contributed by atoms with Crippen LogP contribution >= 0.6 is 7.37 Å². The number of hydrogen-bond donors (Lipinski definition) is 5. The van der Waals surface area contributed by atoms with E-state index in [1.165, 1.54) is 25.7 Å². The summed E-state index contributed by atoms with van der Waals surface area (Å²) in [4.78, 5) is 77.4. The van der Waals surface area contributed by atoms with E-state index in [9.17, 15) is 33.4 Å². The third-order valence-corrected chi connectivity index (χ3v) is 10.8. The maximum absolute atomic E-state index is 13.8. The highest BCUT2D eigenvalue weighted by Gasteiger charge is 2.37. The minimum atomic E-state index is -4.19. The van der Waals surface area contributed by atoms with Gasteiger partial charge in [-0.25, -0.2) is 0 Å². The summed E-state index contributed by atoms with van der Waals surface area (Å²) in [5.41, 5.74) is 1.53. The van der Waals surface area contributed by atoms with Gasteiger partial charge in [-0.05, 0) is 69.6 Å². The third-order valence-electron chi connectivity index (χ3n) is 8.53. The van der Waals surface area contributed by atoms with Crippen molar-refractivity contribution in [3.63, 3.8) is 0 Å². The van der Waals surface area contributed by atoms with Crippen molar-refractivity contribution in [3.05, 3.63) is 66.2 Å². The second-order valence-corrected chi connectivity index (χ2v) is 15.6. The fourth-order valence-electron chi connectivity index (χ4n) is 5.73. The van der Waals surface area contributed by atoms with Gasteiger partial charge < -0.3 is 31.1 Å². The zero-order chi connectivity index (χ0) is 35.4. The summed E-state index contributed by atoms with van der Waals surface area (Å²) in [6.07, 6.45) is 1.77. The zero-order valence-electron chi connectivity index (χ0n) is 28.5. The molecule has 0 bridgehead atoms. The van der Waals surface area contributed by atoms with E-state index in [2.05, 4.69) is 21.3 Å². The topological polar surface area (TPSA) is 174 Å². The maximum atomic E-state index is 13.8. The van der Waals surface area contributed by atoms with Crippen LogP contribution in [-0.2, 0) is 35.0 Å². The Morgan fingerprint density at radius 1 is 0.875 bits per heavy atom. The molecule has 1 aliphatic rings. The molecule has 0 aliphatic carbocycles. The first-order valence-electron chi connectivity index (χ1n) is 16.6. The molecule has 0 spiro atoms. The number of carbonyl (C=O) groups is 5. The smallest absolute Gasteiger partial charge is 0.246 e. The van der Waals surface area contributed by atoms with Gasteiger partial charge in [0.25, 0.3) is 0 Å². The van der Waals surface area contributed by atoms with Crippen molar-refractivity contribution in [2.75, 3.05) is 18.0 Å². The van der Waals surface area contributed by atoms with E-state index in [0.29, 0.717) is 37.9 Å². The Kier molecular flexibility index (Phi) is 14.4. The Bertz CT molecular complexity index is 1460. The molecule has 2 aromatic rings. The van der Waals surface area contributed by atoms with Crippen LogP contribution in [0.2, 0.25) is 0 Å². The lowest BCUT2D eigenvalue weighted by Gasteiger charge is -2.28. The van der Waals surface area contributed by atoms with E-state index in [0.717, 1.165) is 5.56 Å². The minimum absolute atomic E-state index is 0.0699. The molecule has 1 saturated heterocycles. The molecule has 6 atom stereocenters. The second-order valence-electron chi connectivity index (χ2n) is 13.0.